The number of anilines is 1. The first-order chi connectivity index (χ1) is 7.09. The van der Waals surface area contributed by atoms with Crippen LogP contribution < -0.4 is 5.73 Å². The van der Waals surface area contributed by atoms with Gasteiger partial charge in [-0.3, -0.25) is 0 Å². The second kappa shape index (κ2) is 3.76. The highest BCUT2D eigenvalue weighted by Gasteiger charge is 2.08. The summed E-state index contributed by atoms with van der Waals surface area (Å²) in [5, 5.41) is 0.935. The molecule has 0 atom stereocenters. The number of aromatic nitrogens is 2. The summed E-state index contributed by atoms with van der Waals surface area (Å²) in [7, 11) is 0. The smallest absolute Gasteiger partial charge is 0.110 e. The minimum atomic E-state index is 0.454. The van der Waals surface area contributed by atoms with E-state index in [1.165, 1.54) is 0 Å². The summed E-state index contributed by atoms with van der Waals surface area (Å²) in [4.78, 5) is 4.12. The van der Waals surface area contributed by atoms with E-state index < -0.39 is 0 Å². The highest BCUT2D eigenvalue weighted by molar-refractivity contribution is 6.42. The van der Waals surface area contributed by atoms with E-state index >= 15 is 0 Å². The molecule has 1 aromatic heterocycles. The molecule has 5 heteroatoms. The fourth-order valence-corrected chi connectivity index (χ4v) is 1.72. The molecular weight excluding hydrogens is 233 g/mol. The zero-order valence-electron chi connectivity index (χ0n) is 8.04. The highest BCUT2D eigenvalue weighted by Crippen LogP contribution is 2.29. The Kier molecular flexibility index (Phi) is 2.59. The van der Waals surface area contributed by atoms with Crippen molar-refractivity contribution in [3.63, 3.8) is 0 Å². The van der Waals surface area contributed by atoms with Gasteiger partial charge in [0.25, 0.3) is 0 Å². The standard InChI is InChI=1S/C10H9Cl2N3/c1-6-14-2-3-15(6)10-5-8(12)7(11)4-9(10)13/h2-5H,13H2,1H3. The van der Waals surface area contributed by atoms with Crippen molar-refractivity contribution in [2.75, 3.05) is 5.73 Å². The van der Waals surface area contributed by atoms with Crippen LogP contribution in [0.3, 0.4) is 0 Å². The number of aryl methyl sites for hydroxylation is 1. The van der Waals surface area contributed by atoms with Gasteiger partial charge in [0.1, 0.15) is 5.82 Å². The molecule has 1 aromatic carbocycles. The molecule has 0 unspecified atom stereocenters. The molecule has 15 heavy (non-hydrogen) atoms. The summed E-state index contributed by atoms with van der Waals surface area (Å²) in [6, 6.07) is 3.37. The highest BCUT2D eigenvalue weighted by atomic mass is 35.5. The van der Waals surface area contributed by atoms with E-state index in [0.29, 0.717) is 15.7 Å². The van der Waals surface area contributed by atoms with Crippen molar-refractivity contribution in [1.29, 1.82) is 0 Å². The molecule has 0 saturated carbocycles. The Morgan fingerprint density at radius 2 is 1.93 bits per heavy atom. The number of hydrogen-bond donors (Lipinski definition) is 1. The number of hydrogen-bond acceptors (Lipinski definition) is 2. The first-order valence-electron chi connectivity index (χ1n) is 4.34. The molecule has 1 heterocycles. The van der Waals surface area contributed by atoms with Crippen molar-refractivity contribution < 1.29 is 0 Å². The lowest BCUT2D eigenvalue weighted by atomic mass is 10.2. The van der Waals surface area contributed by atoms with Crippen molar-refractivity contribution in [1.82, 2.24) is 9.55 Å². The van der Waals surface area contributed by atoms with E-state index in [9.17, 15) is 0 Å². The lowest BCUT2D eigenvalue weighted by molar-refractivity contribution is 0.977. The molecule has 0 aliphatic rings. The van der Waals surface area contributed by atoms with Gasteiger partial charge in [0.05, 0.1) is 21.4 Å². The van der Waals surface area contributed by atoms with E-state index in [4.69, 9.17) is 28.9 Å². The lowest BCUT2D eigenvalue weighted by Gasteiger charge is -2.09. The monoisotopic (exact) mass is 241 g/mol. The summed E-state index contributed by atoms with van der Waals surface area (Å²) in [5.41, 5.74) is 7.22. The van der Waals surface area contributed by atoms with Gasteiger partial charge in [-0.1, -0.05) is 23.2 Å². The number of rotatable bonds is 1. The molecular formula is C10H9Cl2N3. The Labute approximate surface area is 97.4 Å². The third-order valence-corrected chi connectivity index (χ3v) is 2.88. The van der Waals surface area contributed by atoms with Gasteiger partial charge in [0.15, 0.2) is 0 Å². The van der Waals surface area contributed by atoms with Gasteiger partial charge in [-0.15, -0.1) is 0 Å². The Balaban J connectivity index is 2.64. The number of benzene rings is 1. The molecule has 0 bridgehead atoms. The van der Waals surface area contributed by atoms with Gasteiger partial charge in [0, 0.05) is 12.4 Å². The Morgan fingerprint density at radius 1 is 1.27 bits per heavy atom. The molecule has 0 fully saturated rings. The van der Waals surface area contributed by atoms with Crippen LogP contribution in [0.5, 0.6) is 0 Å². The molecule has 0 saturated heterocycles. The van der Waals surface area contributed by atoms with Crippen molar-refractivity contribution in [2.24, 2.45) is 0 Å². The fourth-order valence-electron chi connectivity index (χ4n) is 1.39. The van der Waals surface area contributed by atoms with Crippen LogP contribution in [0.25, 0.3) is 5.69 Å². The van der Waals surface area contributed by atoms with Crippen LogP contribution in [0.1, 0.15) is 5.82 Å². The number of nitrogens with two attached hydrogens (primary N) is 1. The zero-order chi connectivity index (χ0) is 11.0. The quantitative estimate of drug-likeness (QED) is 0.781. The molecule has 0 spiro atoms. The van der Waals surface area contributed by atoms with Gasteiger partial charge >= 0.3 is 0 Å². The second-order valence-corrected chi connectivity index (χ2v) is 3.98. The average Bonchev–Trinajstić information content (AvgIpc) is 2.58. The number of nitrogens with zero attached hydrogens (tertiary/aromatic N) is 2. The van der Waals surface area contributed by atoms with E-state index in [0.717, 1.165) is 11.5 Å². The first-order valence-corrected chi connectivity index (χ1v) is 5.10. The summed E-state index contributed by atoms with van der Waals surface area (Å²) >= 11 is 11.8. The third-order valence-electron chi connectivity index (χ3n) is 2.15. The van der Waals surface area contributed by atoms with E-state index in [2.05, 4.69) is 4.98 Å². The Hall–Kier alpha value is -1.19. The summed E-state index contributed by atoms with van der Waals surface area (Å²) in [6.45, 7) is 1.89. The van der Waals surface area contributed by atoms with Crippen LogP contribution in [-0.4, -0.2) is 9.55 Å². The summed E-state index contributed by atoms with van der Waals surface area (Å²) < 4.78 is 1.86. The third kappa shape index (κ3) is 1.80. The molecule has 0 aliphatic heterocycles. The summed E-state index contributed by atoms with van der Waals surface area (Å²) in [5.74, 6) is 0.847. The SMILES string of the molecule is Cc1nccn1-c1cc(Cl)c(Cl)cc1N. The van der Waals surface area contributed by atoms with Crippen molar-refractivity contribution >= 4 is 28.9 Å². The molecule has 78 valence electrons. The molecule has 2 aromatic rings. The average molecular weight is 242 g/mol. The van der Waals surface area contributed by atoms with Gasteiger partial charge in [-0.2, -0.15) is 0 Å². The van der Waals surface area contributed by atoms with Crippen LogP contribution in [0, 0.1) is 6.92 Å². The van der Waals surface area contributed by atoms with Gasteiger partial charge in [-0.25, -0.2) is 4.98 Å². The van der Waals surface area contributed by atoms with Crippen LogP contribution in [0.2, 0.25) is 10.0 Å². The van der Waals surface area contributed by atoms with E-state index in [-0.39, 0.29) is 0 Å². The molecule has 0 amide bonds. The molecule has 2 N–H and O–H groups in total. The van der Waals surface area contributed by atoms with Crippen molar-refractivity contribution in [3.05, 3.63) is 40.4 Å². The van der Waals surface area contributed by atoms with Crippen LogP contribution >= 0.6 is 23.2 Å². The zero-order valence-corrected chi connectivity index (χ0v) is 9.55. The minimum absolute atomic E-state index is 0.454. The van der Waals surface area contributed by atoms with Crippen molar-refractivity contribution in [2.45, 2.75) is 6.92 Å². The number of halogens is 2. The second-order valence-electron chi connectivity index (χ2n) is 3.17. The predicted octanol–water partition coefficient (Wildman–Crippen LogP) is 3.07. The van der Waals surface area contributed by atoms with E-state index in [1.807, 2.05) is 17.7 Å². The van der Waals surface area contributed by atoms with Gasteiger partial charge in [0.2, 0.25) is 0 Å². The van der Waals surface area contributed by atoms with Crippen molar-refractivity contribution in [3.8, 4) is 5.69 Å². The predicted molar refractivity (Wildman–Crippen MR) is 62.7 cm³/mol. The van der Waals surface area contributed by atoms with Crippen LogP contribution in [0.15, 0.2) is 24.5 Å². The van der Waals surface area contributed by atoms with Gasteiger partial charge in [-0.05, 0) is 19.1 Å². The first kappa shape index (κ1) is 10.3. The molecule has 3 nitrogen and oxygen atoms in total. The maximum atomic E-state index is 5.93. The Bertz CT molecular complexity index is 505. The Morgan fingerprint density at radius 3 is 2.53 bits per heavy atom. The topological polar surface area (TPSA) is 43.8 Å². The van der Waals surface area contributed by atoms with Crippen LogP contribution in [-0.2, 0) is 0 Å². The normalized spacial score (nSPS) is 10.6. The van der Waals surface area contributed by atoms with Crippen LogP contribution in [0.4, 0.5) is 5.69 Å². The van der Waals surface area contributed by atoms with E-state index in [1.54, 1.807) is 18.3 Å². The van der Waals surface area contributed by atoms with Gasteiger partial charge < -0.3 is 10.3 Å². The molecule has 0 aliphatic carbocycles. The maximum absolute atomic E-state index is 5.93. The number of nitrogen functional groups attached to an aromatic ring is 1. The maximum Gasteiger partial charge on any atom is 0.110 e. The molecule has 2 rings (SSSR count). The molecule has 0 radical (unpaired) electrons. The number of imidazole rings is 1. The summed E-state index contributed by atoms with van der Waals surface area (Å²) in [6.07, 6.45) is 3.53. The largest absolute Gasteiger partial charge is 0.397 e. The fraction of sp³-hybridized carbons (Fsp3) is 0.100. The lowest BCUT2D eigenvalue weighted by Crippen LogP contribution is -2.00. The minimum Gasteiger partial charge on any atom is -0.397 e.